The van der Waals surface area contributed by atoms with Gasteiger partial charge in [0.15, 0.2) is 0 Å². The summed E-state index contributed by atoms with van der Waals surface area (Å²) in [5, 5.41) is 0.251. The minimum Gasteiger partial charge on any atom is -0.335 e. The monoisotopic (exact) mass is 367 g/mol. The predicted molar refractivity (Wildman–Crippen MR) is 80.6 cm³/mol. The van der Waals surface area contributed by atoms with Crippen LogP contribution in [0.4, 0.5) is 8.78 Å². The van der Waals surface area contributed by atoms with E-state index in [1.165, 1.54) is 0 Å². The van der Waals surface area contributed by atoms with Gasteiger partial charge in [-0.25, -0.2) is 8.78 Å². The molecule has 0 heterocycles. The van der Waals surface area contributed by atoms with Crippen molar-refractivity contribution in [2.45, 2.75) is 32.7 Å². The molecule has 0 radical (unpaired) electrons. The number of halogens is 4. The van der Waals surface area contributed by atoms with E-state index in [1.807, 2.05) is 13.8 Å². The first-order valence-corrected chi connectivity index (χ1v) is 7.97. The van der Waals surface area contributed by atoms with Gasteiger partial charge in [-0.15, -0.1) is 0 Å². The number of nitrogens with zero attached hydrogens (tertiary/aromatic N) is 1. The van der Waals surface area contributed by atoms with Gasteiger partial charge in [-0.2, -0.15) is 0 Å². The zero-order valence-corrected chi connectivity index (χ0v) is 13.8. The summed E-state index contributed by atoms with van der Waals surface area (Å²) in [5.74, 6) is -2.10. The summed E-state index contributed by atoms with van der Waals surface area (Å²) < 4.78 is 27.3. The highest BCUT2D eigenvalue weighted by atomic mass is 79.9. The molecule has 0 unspecified atom stereocenters. The summed E-state index contributed by atoms with van der Waals surface area (Å²) in [6.45, 7) is 4.36. The van der Waals surface area contributed by atoms with Crippen molar-refractivity contribution in [3.05, 3.63) is 34.4 Å². The second-order valence-corrected chi connectivity index (χ2v) is 5.60. The number of benzene rings is 1. The van der Waals surface area contributed by atoms with Gasteiger partial charge in [-0.3, -0.25) is 4.79 Å². The van der Waals surface area contributed by atoms with Crippen LogP contribution in [0.1, 0.15) is 37.0 Å². The highest BCUT2D eigenvalue weighted by molar-refractivity contribution is 9.09. The Bertz CT molecular complexity index is 480. The van der Waals surface area contributed by atoms with Crippen molar-refractivity contribution in [1.29, 1.82) is 0 Å². The van der Waals surface area contributed by atoms with Crippen molar-refractivity contribution in [2.24, 2.45) is 0 Å². The second kappa shape index (κ2) is 7.93. The molecule has 0 saturated heterocycles. The van der Waals surface area contributed by atoms with Gasteiger partial charge in [0.05, 0.1) is 10.6 Å². The van der Waals surface area contributed by atoms with E-state index in [0.29, 0.717) is 11.9 Å². The Morgan fingerprint density at radius 1 is 1.30 bits per heavy atom. The lowest BCUT2D eigenvalue weighted by Gasteiger charge is -2.30. The number of carbonyl (C=O) groups is 1. The number of amides is 1. The molecule has 0 aliphatic rings. The molecule has 20 heavy (non-hydrogen) atoms. The van der Waals surface area contributed by atoms with Crippen LogP contribution in [-0.4, -0.2) is 28.7 Å². The van der Waals surface area contributed by atoms with Gasteiger partial charge in [0.2, 0.25) is 0 Å². The van der Waals surface area contributed by atoms with Crippen LogP contribution in [0.25, 0.3) is 0 Å². The molecule has 1 aromatic carbocycles. The average molecular weight is 369 g/mol. The van der Waals surface area contributed by atoms with Gasteiger partial charge in [-0.05, 0) is 25.0 Å². The Morgan fingerprint density at radius 2 is 1.90 bits per heavy atom. The molecule has 0 atom stereocenters. The van der Waals surface area contributed by atoms with Gasteiger partial charge >= 0.3 is 0 Å². The van der Waals surface area contributed by atoms with E-state index in [4.69, 9.17) is 11.6 Å². The standard InChI is InChI=1S/C14H17BrClF2NO/c1-3-9(4-2)19(6-5-15)14(20)10-7-13(18)11(16)8-12(10)17/h7-9H,3-6H2,1-2H3. The lowest BCUT2D eigenvalue weighted by Crippen LogP contribution is -2.41. The highest BCUT2D eigenvalue weighted by Crippen LogP contribution is 2.22. The van der Waals surface area contributed by atoms with Crippen LogP contribution >= 0.6 is 27.5 Å². The summed E-state index contributed by atoms with van der Waals surface area (Å²) >= 11 is 8.78. The van der Waals surface area contributed by atoms with E-state index in [2.05, 4.69) is 15.9 Å². The fourth-order valence-corrected chi connectivity index (χ4v) is 2.64. The van der Waals surface area contributed by atoms with Crippen molar-refractivity contribution in [1.82, 2.24) is 4.90 Å². The molecule has 0 fully saturated rings. The first kappa shape index (κ1) is 17.4. The lowest BCUT2D eigenvalue weighted by molar-refractivity contribution is 0.0677. The van der Waals surface area contributed by atoms with Crippen LogP contribution < -0.4 is 0 Å². The zero-order valence-electron chi connectivity index (χ0n) is 11.4. The maximum absolute atomic E-state index is 13.8. The number of carbonyl (C=O) groups excluding carboxylic acids is 1. The molecule has 0 aliphatic carbocycles. The molecule has 6 heteroatoms. The van der Waals surface area contributed by atoms with Crippen molar-refractivity contribution >= 4 is 33.4 Å². The van der Waals surface area contributed by atoms with E-state index < -0.39 is 17.5 Å². The number of hydrogen-bond acceptors (Lipinski definition) is 1. The van der Waals surface area contributed by atoms with Crippen molar-refractivity contribution in [3.8, 4) is 0 Å². The Kier molecular flexibility index (Phi) is 6.89. The molecule has 0 spiro atoms. The Hall–Kier alpha value is -0.680. The van der Waals surface area contributed by atoms with Gasteiger partial charge in [-0.1, -0.05) is 41.4 Å². The van der Waals surface area contributed by atoms with E-state index in [-0.39, 0.29) is 16.6 Å². The molecule has 2 nitrogen and oxygen atoms in total. The number of alkyl halides is 1. The SMILES string of the molecule is CCC(CC)N(CCBr)C(=O)c1cc(F)c(Cl)cc1F. The van der Waals surface area contributed by atoms with Gasteiger partial charge in [0, 0.05) is 17.9 Å². The van der Waals surface area contributed by atoms with E-state index in [9.17, 15) is 13.6 Å². The van der Waals surface area contributed by atoms with E-state index >= 15 is 0 Å². The third kappa shape index (κ3) is 3.92. The molecular weight excluding hydrogens is 352 g/mol. The van der Waals surface area contributed by atoms with Crippen molar-refractivity contribution in [3.63, 3.8) is 0 Å². The smallest absolute Gasteiger partial charge is 0.257 e. The summed E-state index contributed by atoms with van der Waals surface area (Å²) in [7, 11) is 0. The topological polar surface area (TPSA) is 20.3 Å². The third-order valence-corrected chi connectivity index (χ3v) is 3.85. The largest absolute Gasteiger partial charge is 0.335 e. The molecular formula is C14H17BrClF2NO. The highest BCUT2D eigenvalue weighted by Gasteiger charge is 2.25. The van der Waals surface area contributed by atoms with Gasteiger partial charge in [0.25, 0.3) is 5.91 Å². The van der Waals surface area contributed by atoms with Crippen LogP contribution in [0.15, 0.2) is 12.1 Å². The van der Waals surface area contributed by atoms with Crippen LogP contribution in [0.3, 0.4) is 0 Å². The summed E-state index contributed by atoms with van der Waals surface area (Å²) in [6, 6.07) is 1.70. The lowest BCUT2D eigenvalue weighted by atomic mass is 10.1. The van der Waals surface area contributed by atoms with Gasteiger partial charge < -0.3 is 4.90 Å². The molecule has 1 amide bonds. The first-order chi connectivity index (χ1) is 9.46. The summed E-state index contributed by atoms with van der Waals surface area (Å²) in [6.07, 6.45) is 1.51. The zero-order chi connectivity index (χ0) is 15.3. The third-order valence-electron chi connectivity index (χ3n) is 3.21. The molecule has 0 N–H and O–H groups in total. The Labute approximate surface area is 131 Å². The van der Waals surface area contributed by atoms with Crippen LogP contribution in [-0.2, 0) is 0 Å². The molecule has 0 aromatic heterocycles. The molecule has 0 saturated carbocycles. The maximum atomic E-state index is 13.8. The summed E-state index contributed by atoms with van der Waals surface area (Å²) in [4.78, 5) is 14.0. The molecule has 1 aromatic rings. The van der Waals surface area contributed by atoms with Crippen LogP contribution in [0.5, 0.6) is 0 Å². The fourth-order valence-electron chi connectivity index (χ4n) is 2.11. The van der Waals surface area contributed by atoms with Crippen LogP contribution in [0.2, 0.25) is 5.02 Å². The predicted octanol–water partition coefficient (Wildman–Crippen LogP) is 4.64. The minimum absolute atomic E-state index is 0.00168. The molecule has 1 rings (SSSR count). The quantitative estimate of drug-likeness (QED) is 0.529. The second-order valence-electron chi connectivity index (χ2n) is 4.40. The summed E-state index contributed by atoms with van der Waals surface area (Å²) in [5.41, 5.74) is -0.278. The maximum Gasteiger partial charge on any atom is 0.257 e. The number of rotatable bonds is 6. The number of hydrogen-bond donors (Lipinski definition) is 0. The average Bonchev–Trinajstić information content (AvgIpc) is 2.42. The Morgan fingerprint density at radius 3 is 2.40 bits per heavy atom. The normalized spacial score (nSPS) is 10.9. The minimum atomic E-state index is -0.799. The van der Waals surface area contributed by atoms with E-state index in [0.717, 1.165) is 25.0 Å². The first-order valence-electron chi connectivity index (χ1n) is 6.47. The molecule has 0 bridgehead atoms. The molecule has 0 aliphatic heterocycles. The van der Waals surface area contributed by atoms with E-state index in [1.54, 1.807) is 4.90 Å². The van der Waals surface area contributed by atoms with Crippen LogP contribution in [0, 0.1) is 11.6 Å². The Balaban J connectivity index is 3.15. The van der Waals surface area contributed by atoms with Crippen molar-refractivity contribution in [2.75, 3.05) is 11.9 Å². The molecule has 112 valence electrons. The van der Waals surface area contributed by atoms with Crippen molar-refractivity contribution < 1.29 is 13.6 Å². The fraction of sp³-hybridized carbons (Fsp3) is 0.500. The van der Waals surface area contributed by atoms with Gasteiger partial charge in [0.1, 0.15) is 11.6 Å².